The Hall–Kier alpha value is -0.280. The number of nitrogens with one attached hydrogen (secondary N) is 1. The maximum Gasteiger partial charge on any atom is 0.238 e. The van der Waals surface area contributed by atoms with E-state index in [9.17, 15) is 4.79 Å². The fourth-order valence-corrected chi connectivity index (χ4v) is 1.82. The molecule has 0 radical (unpaired) electrons. The highest BCUT2D eigenvalue weighted by Crippen LogP contribution is 2.07. The Labute approximate surface area is 90.8 Å². The van der Waals surface area contributed by atoms with Crippen molar-refractivity contribution in [3.63, 3.8) is 0 Å². The second kappa shape index (κ2) is 5.56. The average molecular weight is 219 g/mol. The number of halogens is 1. The van der Waals surface area contributed by atoms with Crippen LogP contribution in [0.25, 0.3) is 0 Å². The number of likely N-dealkylation sites (tertiary alicyclic amines) is 1. The normalized spacial score (nSPS) is 21.9. The van der Waals surface area contributed by atoms with Crippen molar-refractivity contribution in [1.29, 1.82) is 0 Å². The van der Waals surface area contributed by atoms with Crippen LogP contribution in [0.4, 0.5) is 0 Å². The molecule has 0 aliphatic carbocycles. The molecule has 0 aromatic carbocycles. The minimum Gasteiger partial charge on any atom is -0.351 e. The van der Waals surface area contributed by atoms with Gasteiger partial charge in [-0.25, -0.2) is 0 Å². The summed E-state index contributed by atoms with van der Waals surface area (Å²) in [6, 6.07) is 0.196. The van der Waals surface area contributed by atoms with Gasteiger partial charge in [0.1, 0.15) is 5.38 Å². The van der Waals surface area contributed by atoms with Gasteiger partial charge in [-0.3, -0.25) is 4.79 Å². The zero-order valence-electron chi connectivity index (χ0n) is 8.92. The maximum atomic E-state index is 11.3. The SMILES string of the molecule is CC(CN1CCCC1)NC(=O)C(C)Cl. The van der Waals surface area contributed by atoms with E-state index in [0.29, 0.717) is 0 Å². The van der Waals surface area contributed by atoms with Crippen LogP contribution in [0.3, 0.4) is 0 Å². The summed E-state index contributed by atoms with van der Waals surface area (Å²) in [5, 5.41) is 2.46. The van der Waals surface area contributed by atoms with E-state index in [4.69, 9.17) is 11.6 Å². The molecule has 0 spiro atoms. The van der Waals surface area contributed by atoms with Crippen molar-refractivity contribution in [2.24, 2.45) is 0 Å². The predicted molar refractivity (Wildman–Crippen MR) is 58.6 cm³/mol. The van der Waals surface area contributed by atoms with Gasteiger partial charge in [0.05, 0.1) is 0 Å². The summed E-state index contributed by atoms with van der Waals surface area (Å²) >= 11 is 5.66. The summed E-state index contributed by atoms with van der Waals surface area (Å²) in [7, 11) is 0. The summed E-state index contributed by atoms with van der Waals surface area (Å²) in [4.78, 5) is 13.6. The third-order valence-corrected chi connectivity index (χ3v) is 2.68. The number of rotatable bonds is 4. The van der Waals surface area contributed by atoms with Gasteiger partial charge in [0.2, 0.25) is 5.91 Å². The predicted octanol–water partition coefficient (Wildman–Crippen LogP) is 1.21. The maximum absolute atomic E-state index is 11.3. The molecule has 1 fully saturated rings. The van der Waals surface area contributed by atoms with Crippen LogP contribution in [0.5, 0.6) is 0 Å². The van der Waals surface area contributed by atoms with Gasteiger partial charge in [0.15, 0.2) is 0 Å². The summed E-state index contributed by atoms with van der Waals surface area (Å²) in [6.07, 6.45) is 2.57. The number of carbonyl (C=O) groups is 1. The van der Waals surface area contributed by atoms with Gasteiger partial charge >= 0.3 is 0 Å². The topological polar surface area (TPSA) is 32.3 Å². The molecule has 3 nitrogen and oxygen atoms in total. The van der Waals surface area contributed by atoms with Crippen molar-refractivity contribution in [1.82, 2.24) is 10.2 Å². The molecule has 0 bridgehead atoms. The monoisotopic (exact) mass is 218 g/mol. The van der Waals surface area contributed by atoms with Crippen LogP contribution in [-0.2, 0) is 4.79 Å². The van der Waals surface area contributed by atoms with Crippen molar-refractivity contribution < 1.29 is 4.79 Å². The summed E-state index contributed by atoms with van der Waals surface area (Å²) in [6.45, 7) is 6.98. The van der Waals surface area contributed by atoms with Gasteiger partial charge in [-0.2, -0.15) is 0 Å². The van der Waals surface area contributed by atoms with Gasteiger partial charge in [-0.05, 0) is 39.8 Å². The zero-order valence-corrected chi connectivity index (χ0v) is 9.68. The first-order valence-electron chi connectivity index (χ1n) is 5.26. The lowest BCUT2D eigenvalue weighted by Gasteiger charge is -2.21. The average Bonchev–Trinajstić information content (AvgIpc) is 2.56. The van der Waals surface area contributed by atoms with Crippen molar-refractivity contribution in [3.8, 4) is 0 Å². The highest BCUT2D eigenvalue weighted by Gasteiger charge is 2.17. The van der Waals surface area contributed by atoms with Crippen LogP contribution >= 0.6 is 11.6 Å². The molecule has 1 aliphatic heterocycles. The van der Waals surface area contributed by atoms with Crippen LogP contribution in [0.2, 0.25) is 0 Å². The molecule has 1 saturated heterocycles. The Morgan fingerprint density at radius 2 is 2.00 bits per heavy atom. The lowest BCUT2D eigenvalue weighted by Crippen LogP contribution is -2.43. The largest absolute Gasteiger partial charge is 0.351 e. The lowest BCUT2D eigenvalue weighted by atomic mass is 10.3. The molecule has 1 rings (SSSR count). The van der Waals surface area contributed by atoms with E-state index in [1.807, 2.05) is 6.92 Å². The summed E-state index contributed by atoms with van der Waals surface area (Å²) in [5.74, 6) is -0.0710. The fourth-order valence-electron chi connectivity index (χ4n) is 1.76. The van der Waals surface area contributed by atoms with Crippen LogP contribution in [0.1, 0.15) is 26.7 Å². The summed E-state index contributed by atoms with van der Waals surface area (Å²) in [5.41, 5.74) is 0. The molecule has 1 N–H and O–H groups in total. The van der Waals surface area contributed by atoms with Gasteiger partial charge in [-0.1, -0.05) is 0 Å². The molecule has 4 heteroatoms. The Kier molecular flexibility index (Phi) is 4.69. The molecule has 1 heterocycles. The number of hydrogen-bond acceptors (Lipinski definition) is 2. The summed E-state index contributed by atoms with van der Waals surface area (Å²) < 4.78 is 0. The Bertz CT molecular complexity index is 191. The molecule has 1 aliphatic rings. The molecule has 0 aromatic rings. The van der Waals surface area contributed by atoms with Gasteiger partial charge in [-0.15, -0.1) is 11.6 Å². The van der Waals surface area contributed by atoms with Crippen LogP contribution in [0.15, 0.2) is 0 Å². The van der Waals surface area contributed by atoms with Gasteiger partial charge in [0, 0.05) is 12.6 Å². The van der Waals surface area contributed by atoms with E-state index in [2.05, 4.69) is 10.2 Å². The Morgan fingerprint density at radius 1 is 1.43 bits per heavy atom. The molecule has 0 saturated carbocycles. The van der Waals surface area contributed by atoms with Crippen LogP contribution in [0, 0.1) is 0 Å². The number of alkyl halides is 1. The molecule has 1 amide bonds. The first kappa shape index (κ1) is 11.8. The molecule has 82 valence electrons. The second-order valence-electron chi connectivity index (χ2n) is 4.03. The van der Waals surface area contributed by atoms with Crippen LogP contribution in [-0.4, -0.2) is 41.9 Å². The van der Waals surface area contributed by atoms with Gasteiger partial charge < -0.3 is 10.2 Å². The first-order chi connectivity index (χ1) is 6.59. The standard InChI is InChI=1S/C10H19ClN2O/c1-8(12-10(14)9(2)11)7-13-5-3-4-6-13/h8-9H,3-7H2,1-2H3,(H,12,14). The minimum absolute atomic E-state index is 0.0710. The molecular formula is C10H19ClN2O. The minimum atomic E-state index is -0.434. The van der Waals surface area contributed by atoms with Crippen molar-refractivity contribution in [3.05, 3.63) is 0 Å². The third kappa shape index (κ3) is 3.84. The first-order valence-corrected chi connectivity index (χ1v) is 5.70. The molecule has 2 unspecified atom stereocenters. The second-order valence-corrected chi connectivity index (χ2v) is 4.69. The number of hydrogen-bond donors (Lipinski definition) is 1. The Balaban J connectivity index is 2.20. The van der Waals surface area contributed by atoms with E-state index in [1.54, 1.807) is 6.92 Å². The highest BCUT2D eigenvalue weighted by molar-refractivity contribution is 6.30. The quantitative estimate of drug-likeness (QED) is 0.720. The van der Waals surface area contributed by atoms with E-state index in [1.165, 1.54) is 12.8 Å². The van der Waals surface area contributed by atoms with E-state index in [-0.39, 0.29) is 11.9 Å². The lowest BCUT2D eigenvalue weighted by molar-refractivity contribution is -0.121. The zero-order chi connectivity index (χ0) is 10.6. The van der Waals surface area contributed by atoms with Crippen LogP contribution < -0.4 is 5.32 Å². The fraction of sp³-hybridized carbons (Fsp3) is 0.900. The number of nitrogens with zero attached hydrogens (tertiary/aromatic N) is 1. The molecule has 2 atom stereocenters. The Morgan fingerprint density at radius 3 is 2.50 bits per heavy atom. The van der Waals surface area contributed by atoms with Crippen molar-refractivity contribution in [2.75, 3.05) is 19.6 Å². The van der Waals surface area contributed by atoms with Crippen molar-refractivity contribution in [2.45, 2.75) is 38.1 Å². The van der Waals surface area contributed by atoms with Crippen molar-refractivity contribution >= 4 is 17.5 Å². The highest BCUT2D eigenvalue weighted by atomic mass is 35.5. The van der Waals surface area contributed by atoms with Gasteiger partial charge in [0.25, 0.3) is 0 Å². The van der Waals surface area contributed by atoms with E-state index < -0.39 is 5.38 Å². The molecule has 14 heavy (non-hydrogen) atoms. The smallest absolute Gasteiger partial charge is 0.238 e. The number of amides is 1. The van der Waals surface area contributed by atoms with E-state index >= 15 is 0 Å². The third-order valence-electron chi connectivity index (χ3n) is 2.48. The van der Waals surface area contributed by atoms with E-state index in [0.717, 1.165) is 19.6 Å². The number of carbonyl (C=O) groups excluding carboxylic acids is 1. The molecule has 0 aromatic heterocycles. The molecular weight excluding hydrogens is 200 g/mol.